The molecule has 127 heavy (non-hydrogen) atoms. The van der Waals surface area contributed by atoms with Crippen LogP contribution in [0.25, 0.3) is 0 Å². The lowest BCUT2D eigenvalue weighted by Gasteiger charge is -2.38. The number of unbranched alkanes of at least 4 members (excludes halogenated alkanes) is 1. The standard InChI is InChI=1S/C12H19N.3C12H21N.C11H21NO.2C11H19N.C10H17N.C9H17N.C9H16.C8H14/c1-11(2,3)5-4-8-13-9-12(10-13)6-7-12;3*1-11-6-9-13(10-11)8-5-7-12(2,3)4;1-11(2,3)7-6-8-12(4)9-10-13-5;1-10-8-12(9-10)7-5-6-11(2,3)4;1-11(2,3)7-6-10-12-8-4-5-9-12;1-10(2,3)6-4-7-11-8-5-9-11;1-9(2,3)7-6-8-10(4)5;1-5-6-7-8-9(2,3)4;1-5-6-7-8(2,3)4/h6-10H2,1-3H3;3*11H,6,8-10H2,1-4H3;8-10H2,1-5H3;10H,7-9H2,1-4H3;4-5,8-10H2,1-3H3;5,7-9H2,1-3H3;8H2,1-5H3;5-6H2,1-4H3;5H2,1-4H3/t;2*11-;;;;;;;;/m.10......../s1. The van der Waals surface area contributed by atoms with E-state index in [4.69, 9.17) is 4.74 Å². The summed E-state index contributed by atoms with van der Waals surface area (Å²) < 4.78 is 4.97. The number of likely N-dealkylation sites (N-methyl/N-ethyl adjacent to an activating group) is 1. The van der Waals surface area contributed by atoms with Crippen LogP contribution in [0, 0.1) is 219 Å². The molecule has 7 heterocycles. The third-order valence-electron chi connectivity index (χ3n) is 19.1. The molecule has 7 aliphatic heterocycles. The molecular weight excluding hydrogens is 1550 g/mol. The third-order valence-corrected chi connectivity index (χ3v) is 19.1. The molecule has 1 spiro atoms. The highest BCUT2D eigenvalue weighted by Crippen LogP contribution is 2.52. The molecule has 10 heteroatoms. The van der Waals surface area contributed by atoms with Crippen molar-refractivity contribution in [2.45, 2.75) is 341 Å². The summed E-state index contributed by atoms with van der Waals surface area (Å²) in [6.07, 6.45) is 14.2. The van der Waals surface area contributed by atoms with Gasteiger partial charge in [0.2, 0.25) is 0 Å². The minimum atomic E-state index is 0.113. The molecule has 1 unspecified atom stereocenters. The van der Waals surface area contributed by atoms with Crippen LogP contribution in [0.1, 0.15) is 341 Å². The van der Waals surface area contributed by atoms with Crippen molar-refractivity contribution in [2.75, 3.05) is 192 Å². The molecule has 10 nitrogen and oxygen atoms in total. The van der Waals surface area contributed by atoms with Crippen LogP contribution in [0.5, 0.6) is 0 Å². The lowest BCUT2D eigenvalue weighted by atomic mass is 9.96. The van der Waals surface area contributed by atoms with Gasteiger partial charge in [0.15, 0.2) is 0 Å². The fourth-order valence-corrected chi connectivity index (χ4v) is 12.4. The summed E-state index contributed by atoms with van der Waals surface area (Å²) in [7, 11) is 7.82. The Labute approximate surface area is 795 Å². The van der Waals surface area contributed by atoms with Crippen molar-refractivity contribution in [2.24, 2.45) is 88.7 Å². The lowest BCUT2D eigenvalue weighted by Crippen LogP contribution is -2.48. The molecule has 1 saturated carbocycles. The minimum absolute atomic E-state index is 0.113. The average molecular weight is 1750 g/mol. The van der Waals surface area contributed by atoms with Gasteiger partial charge in [-0.05, 0) is 369 Å². The molecule has 724 valence electrons. The van der Waals surface area contributed by atoms with Crippen molar-refractivity contribution in [3.8, 4) is 130 Å². The van der Waals surface area contributed by atoms with Crippen LogP contribution in [0.15, 0.2) is 0 Å². The molecule has 0 aromatic heterocycles. The van der Waals surface area contributed by atoms with E-state index in [0.717, 1.165) is 114 Å². The van der Waals surface area contributed by atoms with Crippen LogP contribution in [-0.4, -0.2) is 236 Å². The number of ether oxygens (including phenoxy) is 1. The highest BCUT2D eigenvalue weighted by atomic mass is 16.5. The maximum atomic E-state index is 4.97. The smallest absolute Gasteiger partial charge is 0.0602 e. The van der Waals surface area contributed by atoms with Gasteiger partial charge in [-0.1, -0.05) is 160 Å². The van der Waals surface area contributed by atoms with Gasteiger partial charge in [0.25, 0.3) is 0 Å². The van der Waals surface area contributed by atoms with E-state index in [1.165, 1.54) is 149 Å². The monoisotopic (exact) mass is 1750 g/mol. The van der Waals surface area contributed by atoms with Crippen LogP contribution in [0.3, 0.4) is 0 Å². The highest BCUT2D eigenvalue weighted by molar-refractivity contribution is 5.17. The van der Waals surface area contributed by atoms with Gasteiger partial charge in [-0.3, -0.25) is 44.1 Å². The Kier molecular flexibility index (Phi) is 63.2. The first-order valence-corrected chi connectivity index (χ1v) is 49.4. The predicted molar refractivity (Wildman–Crippen MR) is 564 cm³/mol. The van der Waals surface area contributed by atoms with Crippen molar-refractivity contribution >= 4 is 0 Å². The van der Waals surface area contributed by atoms with E-state index in [1.807, 2.05) is 14.1 Å². The summed E-state index contributed by atoms with van der Waals surface area (Å²) in [6, 6.07) is 0. The topological polar surface area (TPSA) is 38.4 Å². The summed E-state index contributed by atoms with van der Waals surface area (Å²) in [6.45, 7) is 112. The van der Waals surface area contributed by atoms with Crippen LogP contribution in [0.2, 0.25) is 0 Å². The quantitative estimate of drug-likeness (QED) is 0.167. The molecule has 3 atom stereocenters. The molecule has 0 amide bonds. The van der Waals surface area contributed by atoms with E-state index in [9.17, 15) is 0 Å². The largest absolute Gasteiger partial charge is 0.383 e. The molecular formula is C117H205N9O. The van der Waals surface area contributed by atoms with Crippen LogP contribution >= 0.6 is 0 Å². The molecule has 0 aromatic carbocycles. The van der Waals surface area contributed by atoms with Gasteiger partial charge in [0.05, 0.1) is 65.5 Å². The maximum absolute atomic E-state index is 4.97. The normalized spacial score (nSPS) is 18.6. The molecule has 7 saturated heterocycles. The molecule has 1 aliphatic carbocycles. The number of methoxy groups -OCH3 is 1. The van der Waals surface area contributed by atoms with Gasteiger partial charge >= 0.3 is 0 Å². The molecule has 8 rings (SSSR count). The molecule has 0 N–H and O–H groups in total. The highest BCUT2D eigenvalue weighted by Gasteiger charge is 2.51. The van der Waals surface area contributed by atoms with Crippen molar-refractivity contribution < 1.29 is 4.74 Å². The van der Waals surface area contributed by atoms with Crippen LogP contribution < -0.4 is 0 Å². The van der Waals surface area contributed by atoms with Gasteiger partial charge in [0, 0.05) is 145 Å². The average Bonchev–Trinajstić information content (AvgIpc) is 1.60. The maximum Gasteiger partial charge on any atom is 0.0602 e. The third kappa shape index (κ3) is 92.4. The Hall–Kier alpha value is -5.24. The molecule has 0 aromatic rings. The van der Waals surface area contributed by atoms with Crippen molar-refractivity contribution in [1.29, 1.82) is 0 Å². The first kappa shape index (κ1) is 126. The van der Waals surface area contributed by atoms with E-state index >= 15 is 0 Å². The van der Waals surface area contributed by atoms with Crippen molar-refractivity contribution in [1.82, 2.24) is 44.1 Å². The lowest BCUT2D eigenvalue weighted by molar-refractivity contribution is 0.0983. The fourth-order valence-electron chi connectivity index (χ4n) is 12.4. The Balaban J connectivity index is -0.00000134. The van der Waals surface area contributed by atoms with E-state index in [0.29, 0.717) is 0 Å². The Morgan fingerprint density at radius 1 is 0.291 bits per heavy atom. The molecule has 8 fully saturated rings. The minimum Gasteiger partial charge on any atom is -0.383 e. The Morgan fingerprint density at radius 2 is 0.543 bits per heavy atom. The second-order valence-electron chi connectivity index (χ2n) is 49.1. The van der Waals surface area contributed by atoms with Crippen LogP contribution in [0.4, 0.5) is 0 Å². The first-order valence-electron chi connectivity index (χ1n) is 49.4. The zero-order chi connectivity index (χ0) is 98.2. The number of hydrogen-bond acceptors (Lipinski definition) is 10. The molecule has 8 aliphatic rings. The zero-order valence-electron chi connectivity index (χ0n) is 92.2. The van der Waals surface area contributed by atoms with E-state index in [1.54, 1.807) is 7.11 Å². The summed E-state index contributed by atoms with van der Waals surface area (Å²) in [5, 5.41) is 0. The van der Waals surface area contributed by atoms with Gasteiger partial charge in [0.1, 0.15) is 0 Å². The molecule has 0 radical (unpaired) electrons. The second kappa shape index (κ2) is 63.8. The van der Waals surface area contributed by atoms with E-state index in [-0.39, 0.29) is 59.6 Å². The second-order valence-corrected chi connectivity index (χ2v) is 49.1. The van der Waals surface area contributed by atoms with E-state index < -0.39 is 0 Å². The van der Waals surface area contributed by atoms with E-state index in [2.05, 4.69) is 451 Å². The predicted octanol–water partition coefficient (Wildman–Crippen LogP) is 23.6. The van der Waals surface area contributed by atoms with Gasteiger partial charge in [-0.25, -0.2) is 0 Å². The summed E-state index contributed by atoms with van der Waals surface area (Å²) in [5.74, 6) is 74.1. The SMILES string of the molecule is CC(C)(C)C#CCN1CC2(CC2)C1.CC(C)(C)C#CCN1CCC1.CC(C)(C)C#CCN1CCCC1.CC1CCN(CC#CC(C)(C)C)C1.CC1CN(CC#CC(C)(C)C)C1.CCC#CC(C)(C)C.CCCC#CC(C)(C)C.CN(C)CC#CC(C)(C)C.COCCN(C)CC#CC(C)(C)C.C[C@@H]1CCN(CC#CC(C)(C)C)C1.C[C@H]1CCN(CC#CC(C)(C)C)C1. The summed E-state index contributed by atoms with van der Waals surface area (Å²) in [5.41, 5.74) is 2.57. The van der Waals surface area contributed by atoms with Crippen LogP contribution in [-0.2, 0) is 4.74 Å². The van der Waals surface area contributed by atoms with Crippen molar-refractivity contribution in [3.63, 3.8) is 0 Å². The van der Waals surface area contributed by atoms with Crippen molar-refractivity contribution in [3.05, 3.63) is 0 Å². The number of nitrogens with zero attached hydrogens (tertiary/aromatic N) is 9. The Morgan fingerprint density at radius 3 is 0.772 bits per heavy atom. The Bertz CT molecular complexity index is 3570. The number of likely N-dealkylation sites (tertiary alicyclic amines) is 7. The first-order chi connectivity index (χ1) is 58.0. The zero-order valence-corrected chi connectivity index (χ0v) is 92.2. The number of hydrogen-bond donors (Lipinski definition) is 0. The number of rotatable bonds is 13. The summed E-state index contributed by atoms with van der Waals surface area (Å²) in [4.78, 5) is 21.2. The fraction of sp³-hybridized carbons (Fsp3) is 0.812. The van der Waals surface area contributed by atoms with Gasteiger partial charge in [-0.15, -0.1) is 11.8 Å². The van der Waals surface area contributed by atoms with Gasteiger partial charge < -0.3 is 4.74 Å². The summed E-state index contributed by atoms with van der Waals surface area (Å²) >= 11 is 0. The van der Waals surface area contributed by atoms with Gasteiger partial charge in [-0.2, -0.15) is 0 Å². The molecule has 0 bridgehead atoms.